The normalized spacial score (nSPS) is 10.9. The molecule has 7 heteroatoms. The van der Waals surface area contributed by atoms with E-state index in [4.69, 9.17) is 0 Å². The molecule has 0 saturated heterocycles. The van der Waals surface area contributed by atoms with E-state index in [0.29, 0.717) is 23.6 Å². The van der Waals surface area contributed by atoms with Crippen LogP contribution < -0.4 is 10.6 Å². The van der Waals surface area contributed by atoms with Crippen LogP contribution in [0, 0.1) is 26.7 Å². The molecule has 0 aliphatic heterocycles. The van der Waals surface area contributed by atoms with Gasteiger partial charge in [-0.25, -0.2) is 0 Å². The van der Waals surface area contributed by atoms with E-state index in [1.165, 1.54) is 4.80 Å². The number of carbonyl (C=O) groups is 2. The number of carbonyl (C=O) groups excluding carboxylic acids is 2. The van der Waals surface area contributed by atoms with Crippen LogP contribution in [0.2, 0.25) is 0 Å². The highest BCUT2D eigenvalue weighted by Crippen LogP contribution is 2.16. The molecule has 0 fully saturated rings. The average Bonchev–Trinajstić information content (AvgIpc) is 3.07. The van der Waals surface area contributed by atoms with Crippen molar-refractivity contribution >= 4 is 17.5 Å². The number of amides is 2. The SMILES string of the molecule is Cc1ccc(-n2nc(C)c(C(=O)NCc3cccc(NC(=O)C(C)C)c3)n2)c(C)c1. The van der Waals surface area contributed by atoms with E-state index in [2.05, 4.69) is 26.9 Å². The van der Waals surface area contributed by atoms with Crippen LogP contribution in [0.15, 0.2) is 42.5 Å². The van der Waals surface area contributed by atoms with Gasteiger partial charge in [0, 0.05) is 18.2 Å². The van der Waals surface area contributed by atoms with Gasteiger partial charge in [-0.3, -0.25) is 9.59 Å². The van der Waals surface area contributed by atoms with Crippen molar-refractivity contribution in [2.45, 2.75) is 41.2 Å². The van der Waals surface area contributed by atoms with Crippen LogP contribution in [-0.2, 0) is 11.3 Å². The minimum absolute atomic E-state index is 0.0465. The third-order valence-electron chi connectivity index (χ3n) is 4.74. The fraction of sp³-hybridized carbons (Fsp3) is 0.304. The molecule has 2 N–H and O–H groups in total. The molecule has 1 aromatic heterocycles. The molecule has 0 atom stereocenters. The molecule has 0 radical (unpaired) electrons. The zero-order valence-electron chi connectivity index (χ0n) is 18.0. The first-order valence-corrected chi connectivity index (χ1v) is 9.94. The fourth-order valence-electron chi connectivity index (χ4n) is 3.04. The summed E-state index contributed by atoms with van der Waals surface area (Å²) in [7, 11) is 0. The molecule has 156 valence electrons. The second kappa shape index (κ2) is 8.90. The second-order valence-corrected chi connectivity index (χ2v) is 7.74. The lowest BCUT2D eigenvalue weighted by Gasteiger charge is -2.10. The highest BCUT2D eigenvalue weighted by molar-refractivity contribution is 5.93. The summed E-state index contributed by atoms with van der Waals surface area (Å²) in [6.07, 6.45) is 0. The van der Waals surface area contributed by atoms with E-state index in [-0.39, 0.29) is 17.7 Å². The van der Waals surface area contributed by atoms with Crippen LogP contribution in [0.1, 0.15) is 46.7 Å². The van der Waals surface area contributed by atoms with Crippen LogP contribution in [0.25, 0.3) is 5.69 Å². The molecule has 2 amide bonds. The standard InChI is InChI=1S/C23H27N5O2/c1-14(2)22(29)25-19-8-6-7-18(12-19)13-24-23(30)21-17(5)26-28(27-21)20-10-9-15(3)11-16(20)4/h6-12,14H,13H2,1-5H3,(H,24,30)(H,25,29). The molecule has 0 aliphatic carbocycles. The Kier molecular flexibility index (Phi) is 6.30. The van der Waals surface area contributed by atoms with Gasteiger partial charge < -0.3 is 10.6 Å². The zero-order chi connectivity index (χ0) is 21.8. The topological polar surface area (TPSA) is 88.9 Å². The molecule has 0 spiro atoms. The predicted octanol–water partition coefficient (Wildman–Crippen LogP) is 3.72. The summed E-state index contributed by atoms with van der Waals surface area (Å²) in [6, 6.07) is 13.4. The van der Waals surface area contributed by atoms with E-state index in [1.54, 1.807) is 6.92 Å². The highest BCUT2D eigenvalue weighted by Gasteiger charge is 2.17. The summed E-state index contributed by atoms with van der Waals surface area (Å²) < 4.78 is 0. The molecule has 0 bridgehead atoms. The van der Waals surface area contributed by atoms with Gasteiger partial charge in [0.05, 0.1) is 11.4 Å². The number of aromatic nitrogens is 3. The first-order chi connectivity index (χ1) is 14.2. The van der Waals surface area contributed by atoms with Crippen LogP contribution in [0.4, 0.5) is 5.69 Å². The Balaban J connectivity index is 1.70. The smallest absolute Gasteiger partial charge is 0.274 e. The molecular weight excluding hydrogens is 378 g/mol. The summed E-state index contributed by atoms with van der Waals surface area (Å²) in [4.78, 5) is 26.1. The van der Waals surface area contributed by atoms with Gasteiger partial charge in [0.1, 0.15) is 0 Å². The van der Waals surface area contributed by atoms with E-state index in [9.17, 15) is 9.59 Å². The van der Waals surface area contributed by atoms with Gasteiger partial charge in [0.25, 0.3) is 5.91 Å². The first kappa shape index (κ1) is 21.2. The van der Waals surface area contributed by atoms with Crippen LogP contribution in [-0.4, -0.2) is 26.8 Å². The van der Waals surface area contributed by atoms with Crippen molar-refractivity contribution in [1.82, 2.24) is 20.3 Å². The second-order valence-electron chi connectivity index (χ2n) is 7.74. The Hall–Kier alpha value is -3.48. The maximum absolute atomic E-state index is 12.7. The number of hydrogen-bond acceptors (Lipinski definition) is 4. The van der Waals surface area contributed by atoms with Crippen LogP contribution in [0.5, 0.6) is 0 Å². The number of hydrogen-bond donors (Lipinski definition) is 2. The fourth-order valence-corrected chi connectivity index (χ4v) is 3.04. The maximum atomic E-state index is 12.7. The Morgan fingerprint density at radius 3 is 2.50 bits per heavy atom. The molecule has 0 saturated carbocycles. The molecule has 3 aromatic rings. The Labute approximate surface area is 176 Å². The molecule has 0 aliphatic rings. The summed E-state index contributed by atoms with van der Waals surface area (Å²) in [5, 5.41) is 14.5. The van der Waals surface area contributed by atoms with Gasteiger partial charge in [0.2, 0.25) is 5.91 Å². The van der Waals surface area contributed by atoms with Gasteiger partial charge in [-0.2, -0.15) is 9.90 Å². The Morgan fingerprint density at radius 1 is 1.03 bits per heavy atom. The molecule has 0 unspecified atom stereocenters. The number of nitrogens with one attached hydrogen (secondary N) is 2. The minimum Gasteiger partial charge on any atom is -0.347 e. The summed E-state index contributed by atoms with van der Waals surface area (Å²) in [5.74, 6) is -0.439. The molecule has 3 rings (SSSR count). The molecular formula is C23H27N5O2. The zero-order valence-corrected chi connectivity index (χ0v) is 18.0. The maximum Gasteiger partial charge on any atom is 0.274 e. The summed E-state index contributed by atoms with van der Waals surface area (Å²) in [5.41, 5.74) is 5.48. The lowest BCUT2D eigenvalue weighted by Crippen LogP contribution is -2.24. The highest BCUT2D eigenvalue weighted by atomic mass is 16.2. The van der Waals surface area contributed by atoms with Crippen molar-refractivity contribution in [3.8, 4) is 5.69 Å². The van der Waals surface area contributed by atoms with Crippen LogP contribution >= 0.6 is 0 Å². The third kappa shape index (κ3) is 4.92. The van der Waals surface area contributed by atoms with Crippen molar-refractivity contribution in [2.75, 3.05) is 5.32 Å². The molecule has 30 heavy (non-hydrogen) atoms. The van der Waals surface area contributed by atoms with E-state index in [0.717, 1.165) is 22.4 Å². The van der Waals surface area contributed by atoms with Gasteiger partial charge in [-0.05, 0) is 50.1 Å². The molecule has 7 nitrogen and oxygen atoms in total. The van der Waals surface area contributed by atoms with Gasteiger partial charge in [-0.1, -0.05) is 43.7 Å². The molecule has 1 heterocycles. The minimum atomic E-state index is -0.292. The van der Waals surface area contributed by atoms with E-state index < -0.39 is 0 Å². The van der Waals surface area contributed by atoms with E-state index in [1.807, 2.05) is 64.1 Å². The van der Waals surface area contributed by atoms with Gasteiger partial charge >= 0.3 is 0 Å². The van der Waals surface area contributed by atoms with Crippen molar-refractivity contribution in [2.24, 2.45) is 5.92 Å². The lowest BCUT2D eigenvalue weighted by molar-refractivity contribution is -0.118. The van der Waals surface area contributed by atoms with Crippen molar-refractivity contribution in [3.63, 3.8) is 0 Å². The van der Waals surface area contributed by atoms with E-state index >= 15 is 0 Å². The van der Waals surface area contributed by atoms with Crippen LogP contribution in [0.3, 0.4) is 0 Å². The van der Waals surface area contributed by atoms with Crippen molar-refractivity contribution in [3.05, 3.63) is 70.5 Å². The Morgan fingerprint density at radius 2 is 1.80 bits per heavy atom. The van der Waals surface area contributed by atoms with Gasteiger partial charge in [-0.15, -0.1) is 5.10 Å². The number of nitrogens with zero attached hydrogens (tertiary/aromatic N) is 3. The summed E-state index contributed by atoms with van der Waals surface area (Å²) in [6.45, 7) is 9.79. The number of anilines is 1. The number of benzene rings is 2. The van der Waals surface area contributed by atoms with Crippen molar-refractivity contribution < 1.29 is 9.59 Å². The molecule has 2 aromatic carbocycles. The van der Waals surface area contributed by atoms with Gasteiger partial charge in [0.15, 0.2) is 5.69 Å². The van der Waals surface area contributed by atoms with Crippen molar-refractivity contribution in [1.29, 1.82) is 0 Å². The quantitative estimate of drug-likeness (QED) is 0.654. The number of rotatable bonds is 6. The summed E-state index contributed by atoms with van der Waals surface area (Å²) >= 11 is 0. The predicted molar refractivity (Wildman–Crippen MR) is 117 cm³/mol. The third-order valence-corrected chi connectivity index (χ3v) is 4.74. The number of aryl methyl sites for hydroxylation is 3. The lowest BCUT2D eigenvalue weighted by atomic mass is 10.1. The Bertz CT molecular complexity index is 1080. The monoisotopic (exact) mass is 405 g/mol. The average molecular weight is 406 g/mol. The largest absolute Gasteiger partial charge is 0.347 e. The first-order valence-electron chi connectivity index (χ1n) is 9.94.